The number of aromatic nitrogens is 2. The molecule has 0 bridgehead atoms. The lowest BCUT2D eigenvalue weighted by Gasteiger charge is -2.05. The largest absolute Gasteiger partial charge is 0.273 e. The van der Waals surface area contributed by atoms with Crippen LogP contribution in [0.3, 0.4) is 0 Å². The van der Waals surface area contributed by atoms with E-state index in [0.29, 0.717) is 29.4 Å². The summed E-state index contributed by atoms with van der Waals surface area (Å²) in [6.45, 7) is 2.36. The molecule has 0 saturated carbocycles. The fraction of sp³-hybridized carbons (Fsp3) is 0.389. The quantitative estimate of drug-likeness (QED) is 0.585. The SMILES string of the molecule is Cc1nn(Cc2ccccc2)c(Cl)c1/C=N\NC(=O)C[C@H]1CCS(=O)(=O)C1. The summed E-state index contributed by atoms with van der Waals surface area (Å²) in [5.74, 6) is -0.215. The van der Waals surface area contributed by atoms with Crippen molar-refractivity contribution in [2.24, 2.45) is 11.0 Å². The first-order valence-electron chi connectivity index (χ1n) is 8.63. The molecule has 0 unspecified atom stereocenters. The van der Waals surface area contributed by atoms with Crippen molar-refractivity contribution in [1.29, 1.82) is 0 Å². The summed E-state index contributed by atoms with van der Waals surface area (Å²) in [7, 11) is -2.99. The second-order valence-corrected chi connectivity index (χ2v) is 9.29. The number of halogens is 1. The molecular formula is C18H21ClN4O3S. The minimum Gasteiger partial charge on any atom is -0.273 e. The first-order chi connectivity index (χ1) is 12.8. The van der Waals surface area contributed by atoms with Crippen molar-refractivity contribution in [3.05, 3.63) is 52.3 Å². The second-order valence-electron chi connectivity index (χ2n) is 6.70. The fourth-order valence-electron chi connectivity index (χ4n) is 3.08. The molecule has 1 aliphatic rings. The van der Waals surface area contributed by atoms with Crippen LogP contribution in [0.2, 0.25) is 5.15 Å². The van der Waals surface area contributed by atoms with Gasteiger partial charge in [0.05, 0.1) is 35.5 Å². The molecule has 1 aromatic carbocycles. The first-order valence-corrected chi connectivity index (χ1v) is 10.8. The van der Waals surface area contributed by atoms with Crippen LogP contribution < -0.4 is 5.43 Å². The molecule has 9 heteroatoms. The molecule has 27 heavy (non-hydrogen) atoms. The summed E-state index contributed by atoms with van der Waals surface area (Å²) in [6, 6.07) is 9.83. The van der Waals surface area contributed by atoms with E-state index in [9.17, 15) is 13.2 Å². The lowest BCUT2D eigenvalue weighted by Crippen LogP contribution is -2.21. The molecule has 2 heterocycles. The van der Waals surface area contributed by atoms with E-state index >= 15 is 0 Å². The van der Waals surface area contributed by atoms with Crippen molar-refractivity contribution in [2.45, 2.75) is 26.3 Å². The maximum absolute atomic E-state index is 11.9. The summed E-state index contributed by atoms with van der Waals surface area (Å²) in [5, 5.41) is 8.81. The lowest BCUT2D eigenvalue weighted by atomic mass is 10.1. The summed E-state index contributed by atoms with van der Waals surface area (Å²) in [4.78, 5) is 11.9. The molecule has 1 saturated heterocycles. The monoisotopic (exact) mass is 408 g/mol. The van der Waals surface area contributed by atoms with Crippen LogP contribution >= 0.6 is 11.6 Å². The Balaban J connectivity index is 1.59. The molecule has 1 N–H and O–H groups in total. The van der Waals surface area contributed by atoms with Gasteiger partial charge in [-0.2, -0.15) is 10.2 Å². The molecular weight excluding hydrogens is 388 g/mol. The van der Waals surface area contributed by atoms with E-state index in [-0.39, 0.29) is 29.8 Å². The molecule has 7 nitrogen and oxygen atoms in total. The highest BCUT2D eigenvalue weighted by Gasteiger charge is 2.29. The van der Waals surface area contributed by atoms with Crippen LogP contribution in [0.1, 0.15) is 29.7 Å². The standard InChI is InChI=1S/C18H21ClN4O3S/c1-13-16(18(19)23(22-13)11-14-5-3-2-4-6-14)10-20-21-17(24)9-15-7-8-27(25,26)12-15/h2-6,10,15H,7-9,11-12H2,1H3,(H,21,24)/b20-10-/t15-/m1/s1. The van der Waals surface area contributed by atoms with Crippen LogP contribution in [-0.2, 0) is 21.2 Å². The number of nitrogens with one attached hydrogen (secondary N) is 1. The number of hydrogen-bond acceptors (Lipinski definition) is 5. The molecule has 1 atom stereocenters. The molecule has 3 rings (SSSR count). The Hall–Kier alpha value is -2.19. The van der Waals surface area contributed by atoms with Gasteiger partial charge in [-0.15, -0.1) is 0 Å². The third-order valence-electron chi connectivity index (χ3n) is 4.47. The highest BCUT2D eigenvalue weighted by Crippen LogP contribution is 2.21. The minimum atomic E-state index is -2.99. The zero-order valence-electron chi connectivity index (χ0n) is 14.9. The summed E-state index contributed by atoms with van der Waals surface area (Å²) < 4.78 is 24.6. The van der Waals surface area contributed by atoms with Crippen LogP contribution in [0.4, 0.5) is 0 Å². The smallest absolute Gasteiger partial charge is 0.240 e. The Labute approximate surface area is 163 Å². The van der Waals surface area contributed by atoms with E-state index in [1.54, 1.807) is 4.68 Å². The fourth-order valence-corrected chi connectivity index (χ4v) is 5.23. The number of nitrogens with zero attached hydrogens (tertiary/aromatic N) is 3. The van der Waals surface area contributed by atoms with Gasteiger partial charge in [-0.1, -0.05) is 41.9 Å². The summed E-state index contributed by atoms with van der Waals surface area (Å²) in [5.41, 5.74) is 4.85. The topological polar surface area (TPSA) is 93.4 Å². The van der Waals surface area contributed by atoms with Crippen LogP contribution in [0.15, 0.2) is 35.4 Å². The Morgan fingerprint density at radius 3 is 2.81 bits per heavy atom. The third kappa shape index (κ3) is 5.17. The number of rotatable bonds is 6. The molecule has 0 spiro atoms. The maximum atomic E-state index is 11.9. The van der Waals surface area contributed by atoms with Gasteiger partial charge < -0.3 is 0 Å². The second kappa shape index (κ2) is 8.22. The van der Waals surface area contributed by atoms with Gasteiger partial charge in [0.25, 0.3) is 0 Å². The number of carbonyl (C=O) groups excluding carboxylic acids is 1. The Kier molecular flexibility index (Phi) is 5.96. The molecule has 1 aromatic heterocycles. The van der Waals surface area contributed by atoms with Gasteiger partial charge in [0.1, 0.15) is 5.15 Å². The Bertz CT molecular complexity index is 954. The highest BCUT2D eigenvalue weighted by molar-refractivity contribution is 7.91. The summed E-state index contributed by atoms with van der Waals surface area (Å²) in [6.07, 6.45) is 2.14. The van der Waals surface area contributed by atoms with Crippen LogP contribution in [0, 0.1) is 12.8 Å². The van der Waals surface area contributed by atoms with Gasteiger partial charge in [-0.05, 0) is 24.8 Å². The first kappa shape index (κ1) is 19.6. The maximum Gasteiger partial charge on any atom is 0.240 e. The molecule has 0 aliphatic carbocycles. The van der Waals surface area contributed by atoms with E-state index in [1.807, 2.05) is 37.3 Å². The number of hydrazone groups is 1. The van der Waals surface area contributed by atoms with Gasteiger partial charge in [0.15, 0.2) is 9.84 Å². The Morgan fingerprint density at radius 1 is 1.41 bits per heavy atom. The number of hydrogen-bond donors (Lipinski definition) is 1. The van der Waals surface area contributed by atoms with Crippen molar-refractivity contribution in [3.8, 4) is 0 Å². The molecule has 1 fully saturated rings. The van der Waals surface area contributed by atoms with E-state index in [2.05, 4.69) is 15.6 Å². The van der Waals surface area contributed by atoms with Crippen LogP contribution in [-0.4, -0.2) is 41.8 Å². The number of amides is 1. The predicted molar refractivity (Wildman–Crippen MR) is 105 cm³/mol. The Morgan fingerprint density at radius 2 is 2.15 bits per heavy atom. The average Bonchev–Trinajstić information content (AvgIpc) is 3.08. The lowest BCUT2D eigenvalue weighted by molar-refractivity contribution is -0.121. The molecule has 1 amide bonds. The van der Waals surface area contributed by atoms with Gasteiger partial charge in [-0.25, -0.2) is 18.5 Å². The third-order valence-corrected chi connectivity index (χ3v) is 6.70. The predicted octanol–water partition coefficient (Wildman–Crippen LogP) is 2.17. The van der Waals surface area contributed by atoms with E-state index < -0.39 is 9.84 Å². The van der Waals surface area contributed by atoms with Crippen LogP contribution in [0.5, 0.6) is 0 Å². The van der Waals surface area contributed by atoms with Crippen molar-refractivity contribution in [3.63, 3.8) is 0 Å². The molecule has 2 aromatic rings. The van der Waals surface area contributed by atoms with Gasteiger partial charge in [-0.3, -0.25) is 4.79 Å². The number of benzene rings is 1. The van der Waals surface area contributed by atoms with Crippen molar-refractivity contribution in [2.75, 3.05) is 11.5 Å². The van der Waals surface area contributed by atoms with Gasteiger partial charge >= 0.3 is 0 Å². The van der Waals surface area contributed by atoms with Crippen molar-refractivity contribution < 1.29 is 13.2 Å². The van der Waals surface area contributed by atoms with Gasteiger partial charge in [0.2, 0.25) is 5.91 Å². The molecule has 1 aliphatic heterocycles. The van der Waals surface area contributed by atoms with Crippen molar-refractivity contribution >= 4 is 33.6 Å². The van der Waals surface area contributed by atoms with Gasteiger partial charge in [0, 0.05) is 6.42 Å². The summed E-state index contributed by atoms with van der Waals surface area (Å²) >= 11 is 6.39. The zero-order valence-corrected chi connectivity index (χ0v) is 16.5. The highest BCUT2D eigenvalue weighted by atomic mass is 35.5. The number of carbonyl (C=O) groups is 1. The molecule has 0 radical (unpaired) electrons. The van der Waals surface area contributed by atoms with Crippen LogP contribution in [0.25, 0.3) is 0 Å². The minimum absolute atomic E-state index is 0.0708. The molecule has 144 valence electrons. The number of sulfone groups is 1. The zero-order chi connectivity index (χ0) is 19.4. The number of aryl methyl sites for hydroxylation is 1. The van der Waals surface area contributed by atoms with E-state index in [1.165, 1.54) is 6.21 Å². The van der Waals surface area contributed by atoms with Crippen molar-refractivity contribution in [1.82, 2.24) is 15.2 Å². The average molecular weight is 409 g/mol. The normalized spacial score (nSPS) is 18.8. The van der Waals surface area contributed by atoms with E-state index in [0.717, 1.165) is 5.56 Å². The van der Waals surface area contributed by atoms with E-state index in [4.69, 9.17) is 11.6 Å².